The molecule has 18 heavy (non-hydrogen) atoms. The van der Waals surface area contributed by atoms with Crippen molar-refractivity contribution in [3.05, 3.63) is 46.8 Å². The van der Waals surface area contributed by atoms with Crippen LogP contribution in [-0.2, 0) is 0 Å². The number of fused-ring (bicyclic) bond motifs is 5. The Morgan fingerprint density at radius 1 is 0.944 bits per heavy atom. The average Bonchev–Trinajstić information content (AvgIpc) is 2.46. The van der Waals surface area contributed by atoms with Gasteiger partial charge in [-0.3, -0.25) is 4.99 Å². The maximum Gasteiger partial charge on any atom is 0.134 e. The molecule has 0 N–H and O–H groups in total. The summed E-state index contributed by atoms with van der Waals surface area (Å²) in [4.78, 5) is 4.43. The van der Waals surface area contributed by atoms with Crippen LogP contribution in [0.4, 0.5) is 5.69 Å². The van der Waals surface area contributed by atoms with Crippen molar-refractivity contribution in [1.29, 1.82) is 0 Å². The molecule has 2 aliphatic rings. The molecule has 0 atom stereocenters. The fourth-order valence-electron chi connectivity index (χ4n) is 2.55. The Hall–Kier alpha value is -2.35. The Balaban J connectivity index is 2.12. The molecule has 2 heteroatoms. The Morgan fingerprint density at radius 3 is 2.89 bits per heavy atom. The quantitative estimate of drug-likeness (QED) is 0.684. The molecule has 0 unspecified atom stereocenters. The van der Waals surface area contributed by atoms with Gasteiger partial charge in [-0.2, -0.15) is 0 Å². The van der Waals surface area contributed by atoms with Gasteiger partial charge in [-0.05, 0) is 17.7 Å². The third-order valence-electron chi connectivity index (χ3n) is 3.40. The topological polar surface area (TPSA) is 21.6 Å². The molecule has 0 bridgehead atoms. The van der Waals surface area contributed by atoms with Crippen LogP contribution in [-0.4, -0.2) is 6.21 Å². The minimum Gasteiger partial charge on any atom is -0.464 e. The van der Waals surface area contributed by atoms with Gasteiger partial charge in [-0.25, -0.2) is 0 Å². The summed E-state index contributed by atoms with van der Waals surface area (Å²) < 4.78 is 5.72. The van der Waals surface area contributed by atoms with Gasteiger partial charge in [0.05, 0.1) is 11.9 Å². The molecule has 0 fully saturated rings. The Kier molecular flexibility index (Phi) is 1.92. The smallest absolute Gasteiger partial charge is 0.134 e. The minimum absolute atomic E-state index is 0.888. The molecule has 2 aromatic rings. The number of aliphatic imine (C=N–C) groups is 1. The first-order valence-electron chi connectivity index (χ1n) is 6.05. The van der Waals surface area contributed by atoms with Gasteiger partial charge < -0.3 is 4.74 Å². The van der Waals surface area contributed by atoms with Crippen molar-refractivity contribution in [2.45, 2.75) is 6.42 Å². The zero-order valence-corrected chi connectivity index (χ0v) is 9.76. The van der Waals surface area contributed by atoms with E-state index in [0.29, 0.717) is 0 Å². The second kappa shape index (κ2) is 3.57. The van der Waals surface area contributed by atoms with E-state index in [-0.39, 0.29) is 0 Å². The highest BCUT2D eigenvalue weighted by Gasteiger charge is 2.13. The van der Waals surface area contributed by atoms with Crippen molar-refractivity contribution < 1.29 is 4.74 Å². The van der Waals surface area contributed by atoms with Crippen molar-refractivity contribution in [3.63, 3.8) is 0 Å². The van der Waals surface area contributed by atoms with Gasteiger partial charge in [0, 0.05) is 28.6 Å². The lowest BCUT2D eigenvalue weighted by molar-refractivity contribution is 0.537. The van der Waals surface area contributed by atoms with E-state index in [0.717, 1.165) is 28.6 Å². The second-order valence-corrected chi connectivity index (χ2v) is 4.44. The van der Waals surface area contributed by atoms with E-state index >= 15 is 0 Å². The maximum absolute atomic E-state index is 5.72. The summed E-state index contributed by atoms with van der Waals surface area (Å²) in [6, 6.07) is 12.3. The highest BCUT2D eigenvalue weighted by Crippen LogP contribution is 2.30. The summed E-state index contributed by atoms with van der Waals surface area (Å²) >= 11 is 0. The first-order chi connectivity index (χ1) is 8.93. The molecule has 2 heterocycles. The van der Waals surface area contributed by atoms with Crippen LogP contribution < -0.4 is 15.2 Å². The van der Waals surface area contributed by atoms with Gasteiger partial charge in [-0.15, -0.1) is 0 Å². The summed E-state index contributed by atoms with van der Waals surface area (Å²) in [6.07, 6.45) is 6.87. The maximum atomic E-state index is 5.72. The third kappa shape index (κ3) is 1.26. The minimum atomic E-state index is 0.888. The average molecular weight is 233 g/mol. The number of hydrogen-bond donors (Lipinski definition) is 0. The molecule has 2 aromatic carbocycles. The van der Waals surface area contributed by atoms with Crippen LogP contribution in [0.5, 0.6) is 5.75 Å². The first kappa shape index (κ1) is 9.66. The summed E-state index contributed by atoms with van der Waals surface area (Å²) in [5, 5.41) is 2.33. The van der Waals surface area contributed by atoms with Crippen molar-refractivity contribution in [2.75, 3.05) is 0 Å². The lowest BCUT2D eigenvalue weighted by Gasteiger charge is -2.16. The van der Waals surface area contributed by atoms with Crippen LogP contribution in [0.2, 0.25) is 0 Å². The monoisotopic (exact) mass is 233 g/mol. The fourth-order valence-corrected chi connectivity index (χ4v) is 2.55. The van der Waals surface area contributed by atoms with Crippen LogP contribution in [0.1, 0.15) is 6.42 Å². The predicted molar refractivity (Wildman–Crippen MR) is 73.5 cm³/mol. The molecule has 0 aliphatic carbocycles. The molecular formula is C16H11NO. The van der Waals surface area contributed by atoms with E-state index in [1.807, 2.05) is 30.7 Å². The largest absolute Gasteiger partial charge is 0.464 e. The van der Waals surface area contributed by atoms with Crippen molar-refractivity contribution in [3.8, 4) is 16.9 Å². The summed E-state index contributed by atoms with van der Waals surface area (Å²) in [5.74, 6) is 0.921. The van der Waals surface area contributed by atoms with Gasteiger partial charge in [0.1, 0.15) is 5.75 Å². The predicted octanol–water partition coefficient (Wildman–Crippen LogP) is 2.37. The zero-order chi connectivity index (χ0) is 11.9. The lowest BCUT2D eigenvalue weighted by atomic mass is 9.98. The standard InChI is InChI=1S/C16H11NO/c1-2-6-16-13(4-1)11-7-8-15-12(5-3-9-17-15)14(11)10-18-16/h1-2,4-10H,3H2. The normalized spacial score (nSPS) is 14.4. The molecule has 86 valence electrons. The number of rotatable bonds is 0. The molecule has 2 aliphatic heterocycles. The molecule has 0 saturated heterocycles. The number of nitrogens with zero attached hydrogens (tertiary/aromatic N) is 1. The Bertz CT molecular complexity index is 787. The van der Waals surface area contributed by atoms with Gasteiger partial charge in [0.25, 0.3) is 0 Å². The Morgan fingerprint density at radius 2 is 1.89 bits per heavy atom. The van der Waals surface area contributed by atoms with Crippen LogP contribution in [0.25, 0.3) is 23.5 Å². The highest BCUT2D eigenvalue weighted by molar-refractivity contribution is 5.79. The SMILES string of the molecule is C1=Nc2ccc3c(c2=CC1)=COc1ccccc1-3. The molecule has 0 spiro atoms. The van der Waals surface area contributed by atoms with E-state index < -0.39 is 0 Å². The van der Waals surface area contributed by atoms with Crippen LogP contribution in [0.3, 0.4) is 0 Å². The third-order valence-corrected chi connectivity index (χ3v) is 3.40. The van der Waals surface area contributed by atoms with Crippen LogP contribution >= 0.6 is 0 Å². The van der Waals surface area contributed by atoms with E-state index in [1.54, 1.807) is 0 Å². The fraction of sp³-hybridized carbons (Fsp3) is 0.0625. The summed E-state index contributed by atoms with van der Waals surface area (Å²) in [7, 11) is 0. The summed E-state index contributed by atoms with van der Waals surface area (Å²) in [6.45, 7) is 0. The molecular weight excluding hydrogens is 222 g/mol. The van der Waals surface area contributed by atoms with E-state index in [1.165, 1.54) is 10.8 Å². The van der Waals surface area contributed by atoms with Gasteiger partial charge in [0.15, 0.2) is 0 Å². The highest BCUT2D eigenvalue weighted by atomic mass is 16.5. The van der Waals surface area contributed by atoms with Crippen molar-refractivity contribution in [2.24, 2.45) is 4.99 Å². The second-order valence-electron chi connectivity index (χ2n) is 4.44. The van der Waals surface area contributed by atoms with E-state index in [4.69, 9.17) is 4.74 Å². The first-order valence-corrected chi connectivity index (χ1v) is 6.05. The lowest BCUT2D eigenvalue weighted by Crippen LogP contribution is -2.30. The number of hydrogen-bond acceptors (Lipinski definition) is 2. The molecule has 0 amide bonds. The Labute approximate surface area is 105 Å². The van der Waals surface area contributed by atoms with Gasteiger partial charge >= 0.3 is 0 Å². The van der Waals surface area contributed by atoms with Crippen LogP contribution in [0.15, 0.2) is 41.4 Å². The van der Waals surface area contributed by atoms with Gasteiger partial charge in [0.2, 0.25) is 0 Å². The van der Waals surface area contributed by atoms with Crippen molar-refractivity contribution >= 4 is 24.2 Å². The summed E-state index contributed by atoms with van der Waals surface area (Å²) in [5.41, 5.74) is 3.41. The molecule has 0 radical (unpaired) electrons. The van der Waals surface area contributed by atoms with E-state index in [2.05, 4.69) is 29.3 Å². The molecule has 0 aromatic heterocycles. The molecule has 2 nitrogen and oxygen atoms in total. The van der Waals surface area contributed by atoms with Crippen molar-refractivity contribution in [1.82, 2.24) is 0 Å². The van der Waals surface area contributed by atoms with Gasteiger partial charge in [-0.1, -0.05) is 30.3 Å². The molecule has 4 rings (SSSR count). The molecule has 0 saturated carbocycles. The zero-order valence-electron chi connectivity index (χ0n) is 9.76. The number of benzene rings is 2. The number of ether oxygens (including phenoxy) is 1. The van der Waals surface area contributed by atoms with E-state index in [9.17, 15) is 0 Å². The van der Waals surface area contributed by atoms with Crippen LogP contribution in [0, 0.1) is 0 Å². The number of para-hydroxylation sites is 1.